The van der Waals surface area contributed by atoms with E-state index in [-0.39, 0.29) is 22.8 Å². The second-order valence-corrected chi connectivity index (χ2v) is 13.4. The molecular formula is C37H44BrF3N6O3. The van der Waals surface area contributed by atoms with Gasteiger partial charge in [0, 0.05) is 16.7 Å². The number of imidazole rings is 1. The van der Waals surface area contributed by atoms with Gasteiger partial charge in [-0.2, -0.15) is 28.1 Å². The maximum absolute atomic E-state index is 13.2. The monoisotopic (exact) mass is 756 g/mol. The van der Waals surface area contributed by atoms with Gasteiger partial charge in [0.15, 0.2) is 0 Å². The minimum atomic E-state index is -4.64. The Kier molecular flexibility index (Phi) is 14.1. The Balaban J connectivity index is 0.000000295. The van der Waals surface area contributed by atoms with Crippen molar-refractivity contribution in [2.24, 2.45) is 0 Å². The first kappa shape index (κ1) is 38.6. The van der Waals surface area contributed by atoms with E-state index >= 15 is 0 Å². The number of rotatable bonds is 13. The van der Waals surface area contributed by atoms with Gasteiger partial charge in [-0.1, -0.05) is 70.8 Å². The molecule has 13 heteroatoms. The van der Waals surface area contributed by atoms with E-state index in [4.69, 9.17) is 5.26 Å². The zero-order chi connectivity index (χ0) is 36.3. The number of halogens is 4. The summed E-state index contributed by atoms with van der Waals surface area (Å²) in [6.07, 6.45) is 12.5. The van der Waals surface area contributed by atoms with Gasteiger partial charge < -0.3 is 10.4 Å². The lowest BCUT2D eigenvalue weighted by Crippen LogP contribution is -2.28. The summed E-state index contributed by atoms with van der Waals surface area (Å²) in [5.74, 6) is 0. The van der Waals surface area contributed by atoms with Gasteiger partial charge in [-0.25, -0.2) is 14.3 Å². The van der Waals surface area contributed by atoms with Gasteiger partial charge in [-0.15, -0.1) is 0 Å². The van der Waals surface area contributed by atoms with Crippen molar-refractivity contribution in [3.8, 4) is 28.8 Å². The predicted octanol–water partition coefficient (Wildman–Crippen LogP) is 9.64. The Morgan fingerprint density at radius 2 is 1.72 bits per heavy atom. The second kappa shape index (κ2) is 18.2. The molecule has 9 nitrogen and oxygen atoms in total. The van der Waals surface area contributed by atoms with Crippen molar-refractivity contribution in [2.45, 2.75) is 103 Å². The molecule has 0 bridgehead atoms. The summed E-state index contributed by atoms with van der Waals surface area (Å²) in [6, 6.07) is 13.2. The fourth-order valence-corrected chi connectivity index (χ4v) is 6.81. The van der Waals surface area contributed by atoms with Gasteiger partial charge in [0.25, 0.3) is 0 Å². The number of alkyl halides is 3. The van der Waals surface area contributed by atoms with E-state index in [1.54, 1.807) is 18.2 Å². The highest BCUT2D eigenvalue weighted by atomic mass is 79.9. The molecule has 1 fully saturated rings. The topological polar surface area (TPSA) is 118 Å². The van der Waals surface area contributed by atoms with Crippen LogP contribution < -0.4 is 11.0 Å². The summed E-state index contributed by atoms with van der Waals surface area (Å²) in [7, 11) is 0. The molecule has 1 saturated carbocycles. The third kappa shape index (κ3) is 9.97. The molecule has 2 aromatic carbocycles. The molecule has 268 valence electrons. The van der Waals surface area contributed by atoms with E-state index in [0.29, 0.717) is 20.3 Å². The van der Waals surface area contributed by atoms with Crippen LogP contribution >= 0.6 is 15.9 Å². The van der Waals surface area contributed by atoms with E-state index in [2.05, 4.69) is 33.3 Å². The predicted molar refractivity (Wildman–Crippen MR) is 191 cm³/mol. The summed E-state index contributed by atoms with van der Waals surface area (Å²) in [4.78, 5) is 24.9. The van der Waals surface area contributed by atoms with Crippen LogP contribution in [0.15, 0.2) is 64.0 Å². The molecule has 4 aromatic rings. The summed E-state index contributed by atoms with van der Waals surface area (Å²) in [5.41, 5.74) is -1.08. The van der Waals surface area contributed by atoms with E-state index in [0.717, 1.165) is 28.8 Å². The number of unbranched alkanes of at least 4 members (excludes halogenated alkanes) is 7. The summed E-state index contributed by atoms with van der Waals surface area (Å²) in [6.45, 7) is 4.97. The molecule has 1 aliphatic rings. The number of nitriles is 1. The van der Waals surface area contributed by atoms with Gasteiger partial charge in [0.1, 0.15) is 11.4 Å². The maximum atomic E-state index is 13.2. The molecule has 2 N–H and O–H groups in total. The zero-order valence-corrected chi connectivity index (χ0v) is 30.1. The molecule has 2 heterocycles. The number of nitrogens with zero attached hydrogens (tertiary/aromatic N) is 5. The molecule has 0 atom stereocenters. The summed E-state index contributed by atoms with van der Waals surface area (Å²) >= 11 is 3.35. The Labute approximate surface area is 298 Å². The van der Waals surface area contributed by atoms with Crippen molar-refractivity contribution in [1.82, 2.24) is 24.2 Å². The molecule has 0 radical (unpaired) electrons. The third-order valence-corrected chi connectivity index (χ3v) is 9.52. The van der Waals surface area contributed by atoms with Crippen LogP contribution in [0, 0.1) is 18.3 Å². The van der Waals surface area contributed by atoms with Crippen molar-refractivity contribution < 1.29 is 23.1 Å². The van der Waals surface area contributed by atoms with Crippen LogP contribution in [0.4, 0.5) is 18.0 Å². The van der Waals surface area contributed by atoms with Crippen LogP contribution in [0.5, 0.6) is 0 Å². The van der Waals surface area contributed by atoms with Crippen molar-refractivity contribution in [2.75, 3.05) is 6.54 Å². The molecule has 0 amide bonds. The number of carboxylic acid groups (broad SMARTS) is 1. The summed E-state index contributed by atoms with van der Waals surface area (Å²) < 4.78 is 42.9. The van der Waals surface area contributed by atoms with Crippen LogP contribution in [0.2, 0.25) is 0 Å². The van der Waals surface area contributed by atoms with Gasteiger partial charge >= 0.3 is 18.0 Å². The smallest absolute Gasteiger partial charge is 0.420 e. The normalized spacial score (nSPS) is 13.2. The van der Waals surface area contributed by atoms with E-state index in [1.165, 1.54) is 114 Å². The molecule has 0 unspecified atom stereocenters. The largest absolute Gasteiger partial charge is 0.464 e. The SMILES string of the molecule is CCCCCCCCCCNC1CCCC1.Cc1c(-c2ccn(-c3ccc(C#N)cc3Br)n2)n(C(=O)O)c(=O)n1-c1cccc(C(F)(F)F)c1. The number of hydrogen-bond donors (Lipinski definition) is 2. The van der Waals surface area contributed by atoms with Crippen LogP contribution in [-0.4, -0.2) is 42.7 Å². The van der Waals surface area contributed by atoms with Crippen LogP contribution in [0.25, 0.3) is 22.8 Å². The number of aromatic nitrogens is 4. The zero-order valence-electron chi connectivity index (χ0n) is 28.5. The fraction of sp³-hybridized carbons (Fsp3) is 0.459. The second-order valence-electron chi connectivity index (χ2n) is 12.6. The molecule has 5 rings (SSSR count). The van der Waals surface area contributed by atoms with Gasteiger partial charge in [-0.05, 0) is 91.1 Å². The molecular weight excluding hydrogens is 713 g/mol. The Morgan fingerprint density at radius 1 is 1.04 bits per heavy atom. The average molecular weight is 758 g/mol. The first-order valence-corrected chi connectivity index (χ1v) is 18.0. The first-order chi connectivity index (χ1) is 24.0. The van der Waals surface area contributed by atoms with E-state index in [1.807, 2.05) is 6.07 Å². The lowest BCUT2D eigenvalue weighted by Gasteiger charge is -2.11. The molecule has 2 aromatic heterocycles. The highest BCUT2D eigenvalue weighted by Gasteiger charge is 2.32. The minimum absolute atomic E-state index is 0.0848. The number of nitrogens with one attached hydrogen (secondary N) is 1. The average Bonchev–Trinajstić information content (AvgIpc) is 3.84. The number of hydrogen-bond acceptors (Lipinski definition) is 5. The molecule has 0 spiro atoms. The quantitative estimate of drug-likeness (QED) is 0.131. The van der Waals surface area contributed by atoms with Crippen molar-refractivity contribution in [1.29, 1.82) is 5.26 Å². The third-order valence-electron chi connectivity index (χ3n) is 8.88. The Bertz CT molecular complexity index is 1830. The van der Waals surface area contributed by atoms with E-state index in [9.17, 15) is 27.9 Å². The molecule has 0 saturated heterocycles. The van der Waals surface area contributed by atoms with E-state index < -0.39 is 23.5 Å². The van der Waals surface area contributed by atoms with Gasteiger partial charge in [-0.3, -0.25) is 4.57 Å². The number of benzene rings is 2. The first-order valence-electron chi connectivity index (χ1n) is 17.2. The lowest BCUT2D eigenvalue weighted by atomic mass is 10.1. The fourth-order valence-electron chi connectivity index (χ4n) is 6.25. The minimum Gasteiger partial charge on any atom is -0.464 e. The molecule has 1 aliphatic carbocycles. The Hall–Kier alpha value is -4.15. The van der Waals surface area contributed by atoms with Crippen molar-refractivity contribution in [3.63, 3.8) is 0 Å². The molecule has 50 heavy (non-hydrogen) atoms. The van der Waals surface area contributed by atoms with Crippen LogP contribution in [-0.2, 0) is 6.18 Å². The number of carbonyl (C=O) groups is 1. The van der Waals surface area contributed by atoms with Crippen LogP contribution in [0.1, 0.15) is 101 Å². The van der Waals surface area contributed by atoms with Gasteiger partial charge in [0.05, 0.1) is 34.3 Å². The van der Waals surface area contributed by atoms with Crippen LogP contribution in [0.3, 0.4) is 0 Å². The van der Waals surface area contributed by atoms with Crippen molar-refractivity contribution >= 4 is 22.0 Å². The maximum Gasteiger partial charge on any atom is 0.420 e. The standard InChI is InChI=1S/C22H13BrF3N5O3.C15H31N/c1-12-19(17-7-8-29(28-17)18-6-5-13(11-27)9-16(18)23)31(21(33)34)20(32)30(12)15-4-2-3-14(10-15)22(24,25)26;1-2-3-4-5-6-7-8-11-14-16-15-12-9-10-13-15/h2-10H,1H3,(H,33,34);15-16H,2-14H2,1H3. The highest BCUT2D eigenvalue weighted by Crippen LogP contribution is 2.32. The summed E-state index contributed by atoms with van der Waals surface area (Å²) in [5, 5.41) is 26.8. The van der Waals surface area contributed by atoms with Gasteiger partial charge in [0.2, 0.25) is 0 Å². The lowest BCUT2D eigenvalue weighted by molar-refractivity contribution is -0.137. The molecule has 0 aliphatic heterocycles. The Morgan fingerprint density at radius 3 is 2.34 bits per heavy atom. The van der Waals surface area contributed by atoms with Crippen molar-refractivity contribution in [3.05, 3.63) is 86.5 Å². The highest BCUT2D eigenvalue weighted by molar-refractivity contribution is 9.10.